The van der Waals surface area contributed by atoms with Gasteiger partial charge >= 0.3 is 12.3 Å². The Morgan fingerprint density at radius 2 is 1.61 bits per heavy atom. The standard InChI is InChI=1S/C27H42F3N3O5/c1-25(2,3)38-24(36)31-22(19-34)23(35)13-11-9-7-5-4-6-8-10-12-18-37-21-16-14-20(15-17-21)26(32-33-26)27(28,29)30/h11,13-17,22-23,32-35H,4-10,12,18-19H2,1-3H3,(H,31,36)/b13-11+/t22-,23+/m0/s1. The van der Waals surface area contributed by atoms with Crippen molar-refractivity contribution in [1.82, 2.24) is 16.2 Å². The van der Waals surface area contributed by atoms with Gasteiger partial charge < -0.3 is 25.0 Å². The summed E-state index contributed by atoms with van der Waals surface area (Å²) in [4.78, 5) is 11.8. The number of alkyl carbamates (subject to hydrolysis) is 1. The van der Waals surface area contributed by atoms with Crippen molar-refractivity contribution < 1.29 is 37.7 Å². The zero-order valence-corrected chi connectivity index (χ0v) is 22.4. The fraction of sp³-hybridized carbons (Fsp3) is 0.667. The number of ether oxygens (including phenoxy) is 2. The lowest BCUT2D eigenvalue weighted by atomic mass is 10.0. The molecule has 1 aromatic carbocycles. The molecule has 0 spiro atoms. The molecule has 0 unspecified atom stereocenters. The number of rotatable bonds is 16. The van der Waals surface area contributed by atoms with Gasteiger partial charge in [0, 0.05) is 0 Å². The van der Waals surface area contributed by atoms with Gasteiger partial charge in [0.1, 0.15) is 11.4 Å². The van der Waals surface area contributed by atoms with Crippen LogP contribution in [0.5, 0.6) is 5.75 Å². The van der Waals surface area contributed by atoms with Crippen LogP contribution in [0.4, 0.5) is 18.0 Å². The van der Waals surface area contributed by atoms with Crippen LogP contribution in [-0.4, -0.2) is 53.4 Å². The van der Waals surface area contributed by atoms with Gasteiger partial charge in [0.15, 0.2) is 0 Å². The highest BCUT2D eigenvalue weighted by Crippen LogP contribution is 2.42. The maximum Gasteiger partial charge on any atom is 0.426 e. The second kappa shape index (κ2) is 14.7. The maximum absolute atomic E-state index is 13.1. The number of aliphatic hydroxyl groups excluding tert-OH is 2. The molecule has 8 nitrogen and oxygen atoms in total. The first kappa shape index (κ1) is 31.9. The van der Waals surface area contributed by atoms with E-state index >= 15 is 0 Å². The highest BCUT2D eigenvalue weighted by molar-refractivity contribution is 5.68. The fourth-order valence-corrected chi connectivity index (χ4v) is 3.82. The number of carbonyl (C=O) groups is 1. The Bertz CT molecular complexity index is 868. The van der Waals surface area contributed by atoms with Crippen molar-refractivity contribution in [2.75, 3.05) is 13.2 Å². The average Bonchev–Trinajstić information content (AvgIpc) is 3.65. The Balaban J connectivity index is 1.48. The number of hydrazine groups is 1. The maximum atomic E-state index is 13.1. The van der Waals surface area contributed by atoms with Crippen LogP contribution in [-0.2, 0) is 10.4 Å². The Kier molecular flexibility index (Phi) is 12.3. The van der Waals surface area contributed by atoms with E-state index in [-0.39, 0.29) is 5.56 Å². The van der Waals surface area contributed by atoms with Crippen molar-refractivity contribution >= 4 is 6.09 Å². The minimum Gasteiger partial charge on any atom is -0.494 e. The van der Waals surface area contributed by atoms with Crippen LogP contribution in [0.15, 0.2) is 36.4 Å². The van der Waals surface area contributed by atoms with Crippen molar-refractivity contribution in [1.29, 1.82) is 0 Å². The number of unbranched alkanes of at least 4 members (excludes halogenated alkanes) is 7. The number of halogens is 3. The summed E-state index contributed by atoms with van der Waals surface area (Å²) in [5.41, 5.74) is 1.66. The van der Waals surface area contributed by atoms with Crippen LogP contribution in [0.3, 0.4) is 0 Å². The molecule has 2 atom stereocenters. The number of carbonyl (C=O) groups excluding carboxylic acids is 1. The summed E-state index contributed by atoms with van der Waals surface area (Å²) in [5.74, 6) is 0.552. The highest BCUT2D eigenvalue weighted by Gasteiger charge is 2.65. The lowest BCUT2D eigenvalue weighted by molar-refractivity contribution is -0.165. The number of alkyl halides is 3. The molecule has 1 aromatic rings. The number of hydrogen-bond acceptors (Lipinski definition) is 7. The molecule has 216 valence electrons. The third-order valence-electron chi connectivity index (χ3n) is 6.02. The van der Waals surface area contributed by atoms with Gasteiger partial charge in [-0.2, -0.15) is 13.2 Å². The van der Waals surface area contributed by atoms with Gasteiger partial charge in [-0.05, 0) is 57.7 Å². The van der Waals surface area contributed by atoms with Crippen LogP contribution in [0.1, 0.15) is 77.7 Å². The van der Waals surface area contributed by atoms with Crippen molar-refractivity contribution in [3.05, 3.63) is 42.0 Å². The molecule has 1 aliphatic rings. The Labute approximate surface area is 222 Å². The topological polar surface area (TPSA) is 132 Å². The SMILES string of the molecule is CC(C)(C)OC(=O)N[C@@H](CO)[C@H](O)/C=C/CCCCCCCCCOc1ccc(C2(C(F)(F)F)NN2)cc1. The first-order valence-corrected chi connectivity index (χ1v) is 13.2. The number of aliphatic hydroxyl groups is 2. The van der Waals surface area contributed by atoms with E-state index in [2.05, 4.69) is 16.2 Å². The molecule has 0 aromatic heterocycles. The van der Waals surface area contributed by atoms with Gasteiger partial charge in [0.25, 0.3) is 0 Å². The molecule has 0 saturated carbocycles. The molecule has 0 bridgehead atoms. The van der Waals surface area contributed by atoms with E-state index in [9.17, 15) is 28.2 Å². The summed E-state index contributed by atoms with van der Waals surface area (Å²) in [5, 5.41) is 22.1. The van der Waals surface area contributed by atoms with Crippen molar-refractivity contribution in [2.24, 2.45) is 0 Å². The summed E-state index contributed by atoms with van der Waals surface area (Å²) in [7, 11) is 0. The van der Waals surface area contributed by atoms with Crippen molar-refractivity contribution in [2.45, 2.75) is 102 Å². The summed E-state index contributed by atoms with van der Waals surface area (Å²) in [6, 6.07) is 5.11. The molecule has 0 aliphatic carbocycles. The van der Waals surface area contributed by atoms with E-state index in [0.717, 1.165) is 51.4 Å². The van der Waals surface area contributed by atoms with E-state index in [1.165, 1.54) is 12.1 Å². The molecule has 1 fully saturated rings. The third-order valence-corrected chi connectivity index (χ3v) is 6.02. The molecule has 1 heterocycles. The normalized spacial score (nSPS) is 16.7. The average molecular weight is 546 g/mol. The van der Waals surface area contributed by atoms with Crippen LogP contribution < -0.4 is 20.9 Å². The van der Waals surface area contributed by atoms with Crippen molar-refractivity contribution in [3.8, 4) is 5.75 Å². The third kappa shape index (κ3) is 10.8. The van der Waals surface area contributed by atoms with Crippen molar-refractivity contribution in [3.63, 3.8) is 0 Å². The second-order valence-electron chi connectivity index (χ2n) is 10.5. The van der Waals surface area contributed by atoms with Crippen LogP contribution in [0.25, 0.3) is 0 Å². The summed E-state index contributed by atoms with van der Waals surface area (Å²) in [6.45, 7) is 5.32. The lowest BCUT2D eigenvalue weighted by Gasteiger charge is -2.24. The van der Waals surface area contributed by atoms with Gasteiger partial charge in [-0.15, -0.1) is 0 Å². The van der Waals surface area contributed by atoms with E-state index < -0.39 is 42.3 Å². The Hall–Kier alpha value is -2.34. The molecule has 1 amide bonds. The first-order valence-electron chi connectivity index (χ1n) is 13.2. The molecule has 1 aliphatic heterocycles. The monoisotopic (exact) mass is 545 g/mol. The predicted molar refractivity (Wildman–Crippen MR) is 138 cm³/mol. The lowest BCUT2D eigenvalue weighted by Crippen LogP contribution is -2.47. The van der Waals surface area contributed by atoms with Crippen LogP contribution >= 0.6 is 0 Å². The summed E-state index contributed by atoms with van der Waals surface area (Å²) in [6.07, 6.45) is 5.35. The largest absolute Gasteiger partial charge is 0.494 e. The molecular weight excluding hydrogens is 503 g/mol. The Morgan fingerprint density at radius 1 is 1.03 bits per heavy atom. The first-order chi connectivity index (χ1) is 17.9. The summed E-state index contributed by atoms with van der Waals surface area (Å²) < 4.78 is 50.0. The minimum atomic E-state index is -4.42. The van der Waals surface area contributed by atoms with Gasteiger partial charge in [-0.3, -0.25) is 0 Å². The van der Waals surface area contributed by atoms with E-state index in [4.69, 9.17) is 9.47 Å². The molecule has 0 radical (unpaired) electrons. The molecular formula is C27H42F3N3O5. The molecule has 1 saturated heterocycles. The van der Waals surface area contributed by atoms with Gasteiger partial charge in [-0.25, -0.2) is 15.6 Å². The quantitative estimate of drug-likeness (QED) is 0.114. The van der Waals surface area contributed by atoms with E-state index in [0.29, 0.717) is 12.4 Å². The fourth-order valence-electron chi connectivity index (χ4n) is 3.82. The van der Waals surface area contributed by atoms with Gasteiger partial charge in [0.2, 0.25) is 5.66 Å². The number of allylic oxidation sites excluding steroid dienone is 1. The second-order valence-corrected chi connectivity index (χ2v) is 10.5. The van der Waals surface area contributed by atoms with Crippen LogP contribution in [0, 0.1) is 0 Å². The van der Waals surface area contributed by atoms with E-state index in [1.807, 2.05) is 6.08 Å². The smallest absolute Gasteiger partial charge is 0.426 e. The molecule has 2 rings (SSSR count). The van der Waals surface area contributed by atoms with Gasteiger partial charge in [0.05, 0.1) is 25.4 Å². The Morgan fingerprint density at radius 3 is 2.13 bits per heavy atom. The predicted octanol–water partition coefficient (Wildman–Crippen LogP) is 4.81. The highest BCUT2D eigenvalue weighted by atomic mass is 19.4. The van der Waals surface area contributed by atoms with Gasteiger partial charge in [-0.1, -0.05) is 56.4 Å². The molecule has 5 N–H and O–H groups in total. The van der Waals surface area contributed by atoms with Crippen LogP contribution in [0.2, 0.25) is 0 Å². The van der Waals surface area contributed by atoms with E-state index in [1.54, 1.807) is 39.0 Å². The zero-order valence-electron chi connectivity index (χ0n) is 22.4. The number of benzene rings is 1. The zero-order chi connectivity index (χ0) is 28.2. The number of hydrogen-bond donors (Lipinski definition) is 5. The number of amides is 1. The molecule has 11 heteroatoms. The summed E-state index contributed by atoms with van der Waals surface area (Å²) >= 11 is 0. The number of nitrogens with one attached hydrogen (secondary N) is 3. The molecule has 38 heavy (non-hydrogen) atoms. The minimum absolute atomic E-state index is 0.105.